The Kier molecular flexibility index (Phi) is 11.5. The Morgan fingerprint density at radius 3 is 1.87 bits per heavy atom. The van der Waals surface area contributed by atoms with E-state index < -0.39 is 72.9 Å². The summed E-state index contributed by atoms with van der Waals surface area (Å²) in [6, 6.07) is -5.71. The van der Waals surface area contributed by atoms with Crippen molar-refractivity contribution in [1.29, 1.82) is 0 Å². The summed E-state index contributed by atoms with van der Waals surface area (Å²) < 4.78 is 0. The lowest BCUT2D eigenvalue weighted by Gasteiger charge is -2.26. The van der Waals surface area contributed by atoms with Gasteiger partial charge in [0.2, 0.25) is 23.6 Å². The zero-order valence-corrected chi connectivity index (χ0v) is 17.1. The van der Waals surface area contributed by atoms with Gasteiger partial charge in [-0.1, -0.05) is 20.3 Å². The Morgan fingerprint density at radius 1 is 0.933 bits per heavy atom. The molecule has 0 aromatic heterocycles. The van der Waals surface area contributed by atoms with Crippen molar-refractivity contribution in [1.82, 2.24) is 16.0 Å². The summed E-state index contributed by atoms with van der Waals surface area (Å²) in [5, 5.41) is 34.6. The second-order valence-electron chi connectivity index (χ2n) is 6.95. The van der Waals surface area contributed by atoms with Gasteiger partial charge < -0.3 is 42.7 Å². The molecule has 0 aliphatic heterocycles. The molecule has 6 unspecified atom stereocenters. The Bertz CT molecular complexity index is 642. The highest BCUT2D eigenvalue weighted by Crippen LogP contribution is 2.06. The van der Waals surface area contributed by atoms with Gasteiger partial charge in [-0.05, 0) is 12.8 Å². The summed E-state index contributed by atoms with van der Waals surface area (Å²) in [6.45, 7) is 3.86. The van der Waals surface area contributed by atoms with E-state index in [2.05, 4.69) is 10.6 Å². The number of aliphatic hydroxyl groups is 2. The van der Waals surface area contributed by atoms with E-state index in [1.165, 1.54) is 6.92 Å². The van der Waals surface area contributed by atoms with Crippen LogP contribution in [0.15, 0.2) is 0 Å². The number of carbonyl (C=O) groups is 5. The van der Waals surface area contributed by atoms with Crippen molar-refractivity contribution in [2.24, 2.45) is 17.4 Å². The van der Waals surface area contributed by atoms with E-state index in [1.54, 1.807) is 6.92 Å². The standard InChI is InChI=1S/C17H31N5O8/c1-4-7(2)12(19)15(27)22-13(8(3)24)16(28)21-10(6-23)14(26)20-9(17(29)30)5-11(18)25/h7-10,12-13,23-24H,4-6,19H2,1-3H3,(H2,18,25)(H,20,26)(H,21,28)(H,22,27)(H,29,30). The van der Waals surface area contributed by atoms with E-state index in [9.17, 15) is 34.2 Å². The van der Waals surface area contributed by atoms with Gasteiger partial charge in [-0.25, -0.2) is 4.79 Å². The number of rotatable bonds is 13. The molecular weight excluding hydrogens is 402 g/mol. The van der Waals surface area contributed by atoms with Gasteiger partial charge >= 0.3 is 5.97 Å². The largest absolute Gasteiger partial charge is 0.480 e. The maximum atomic E-state index is 12.4. The number of carboxylic acid groups (broad SMARTS) is 1. The second-order valence-corrected chi connectivity index (χ2v) is 6.95. The maximum absolute atomic E-state index is 12.4. The van der Waals surface area contributed by atoms with Crippen molar-refractivity contribution in [3.63, 3.8) is 0 Å². The third kappa shape index (κ3) is 8.71. The number of carbonyl (C=O) groups excluding carboxylic acids is 4. The van der Waals surface area contributed by atoms with Crippen molar-refractivity contribution in [3.05, 3.63) is 0 Å². The van der Waals surface area contributed by atoms with Crippen LogP contribution in [-0.4, -0.2) is 81.8 Å². The lowest BCUT2D eigenvalue weighted by Crippen LogP contribution is -2.61. The lowest BCUT2D eigenvalue weighted by atomic mass is 9.98. The van der Waals surface area contributed by atoms with Crippen molar-refractivity contribution in [2.45, 2.75) is 63.9 Å². The molecule has 4 amide bonds. The third-order valence-electron chi connectivity index (χ3n) is 4.46. The van der Waals surface area contributed by atoms with Gasteiger partial charge in [0.25, 0.3) is 0 Å². The smallest absolute Gasteiger partial charge is 0.326 e. The molecule has 0 saturated carbocycles. The summed E-state index contributed by atoms with van der Waals surface area (Å²) in [7, 11) is 0. The van der Waals surface area contributed by atoms with Crippen LogP contribution < -0.4 is 27.4 Å². The van der Waals surface area contributed by atoms with Gasteiger partial charge in [0.05, 0.1) is 25.2 Å². The number of hydrogen-bond acceptors (Lipinski definition) is 8. The molecule has 13 heteroatoms. The first-order valence-electron chi connectivity index (χ1n) is 9.32. The molecule has 13 nitrogen and oxygen atoms in total. The average molecular weight is 433 g/mol. The van der Waals surface area contributed by atoms with Crippen molar-refractivity contribution < 1.29 is 39.3 Å². The molecule has 0 rings (SSSR count). The molecule has 0 heterocycles. The maximum Gasteiger partial charge on any atom is 0.326 e. The van der Waals surface area contributed by atoms with Gasteiger partial charge in [0.15, 0.2) is 0 Å². The van der Waals surface area contributed by atoms with Crippen LogP contribution in [-0.2, 0) is 24.0 Å². The molecule has 0 radical (unpaired) electrons. The fourth-order valence-corrected chi connectivity index (χ4v) is 2.30. The van der Waals surface area contributed by atoms with Crippen LogP contribution >= 0.6 is 0 Å². The predicted octanol–water partition coefficient (Wildman–Crippen LogP) is -3.85. The molecule has 0 aromatic rings. The fraction of sp³-hybridized carbons (Fsp3) is 0.706. The van der Waals surface area contributed by atoms with Crippen LogP contribution in [0.3, 0.4) is 0 Å². The summed E-state index contributed by atoms with van der Waals surface area (Å²) in [4.78, 5) is 58.9. The molecule has 30 heavy (non-hydrogen) atoms. The summed E-state index contributed by atoms with van der Waals surface area (Å²) >= 11 is 0. The molecule has 172 valence electrons. The number of nitrogens with one attached hydrogen (secondary N) is 3. The van der Waals surface area contributed by atoms with E-state index in [0.717, 1.165) is 0 Å². The van der Waals surface area contributed by atoms with Crippen molar-refractivity contribution >= 4 is 29.6 Å². The number of primary amides is 1. The van der Waals surface area contributed by atoms with Crippen LogP contribution in [0.4, 0.5) is 0 Å². The number of carboxylic acids is 1. The molecule has 10 N–H and O–H groups in total. The quantitative estimate of drug-likeness (QED) is 0.142. The third-order valence-corrected chi connectivity index (χ3v) is 4.46. The van der Waals surface area contributed by atoms with Crippen LogP contribution in [0.1, 0.15) is 33.6 Å². The molecule has 0 aliphatic carbocycles. The van der Waals surface area contributed by atoms with E-state index in [4.69, 9.17) is 16.6 Å². The second kappa shape index (κ2) is 12.7. The predicted molar refractivity (Wildman–Crippen MR) is 103 cm³/mol. The minimum atomic E-state index is -1.67. The monoisotopic (exact) mass is 433 g/mol. The molecule has 0 aliphatic rings. The highest BCUT2D eigenvalue weighted by atomic mass is 16.4. The Labute approximate surface area is 173 Å². The first kappa shape index (κ1) is 27.2. The van der Waals surface area contributed by atoms with Gasteiger partial charge in [0, 0.05) is 0 Å². The molecular formula is C17H31N5O8. The first-order chi connectivity index (χ1) is 13.8. The Morgan fingerprint density at radius 2 is 1.47 bits per heavy atom. The average Bonchev–Trinajstić information content (AvgIpc) is 2.66. The molecule has 0 aromatic carbocycles. The number of amides is 4. The summed E-state index contributed by atoms with van der Waals surface area (Å²) in [5.74, 6) is -5.53. The van der Waals surface area contributed by atoms with Crippen LogP contribution in [0.5, 0.6) is 0 Å². The van der Waals surface area contributed by atoms with Gasteiger partial charge in [-0.15, -0.1) is 0 Å². The summed E-state index contributed by atoms with van der Waals surface area (Å²) in [6.07, 6.45) is -1.47. The number of aliphatic hydroxyl groups excluding tert-OH is 2. The van der Waals surface area contributed by atoms with Crippen molar-refractivity contribution in [3.8, 4) is 0 Å². The minimum absolute atomic E-state index is 0.197. The molecule has 6 atom stereocenters. The normalized spacial score (nSPS) is 16.9. The summed E-state index contributed by atoms with van der Waals surface area (Å²) in [5.41, 5.74) is 10.7. The molecule has 0 spiro atoms. The van der Waals surface area contributed by atoms with Crippen LogP contribution in [0, 0.1) is 5.92 Å². The van der Waals surface area contributed by atoms with Gasteiger partial charge in [-0.2, -0.15) is 0 Å². The zero-order valence-electron chi connectivity index (χ0n) is 17.1. The van der Waals surface area contributed by atoms with Crippen LogP contribution in [0.25, 0.3) is 0 Å². The molecule has 0 bridgehead atoms. The van der Waals surface area contributed by atoms with Crippen LogP contribution in [0.2, 0.25) is 0 Å². The van der Waals surface area contributed by atoms with E-state index >= 15 is 0 Å². The van der Waals surface area contributed by atoms with E-state index in [0.29, 0.717) is 6.42 Å². The SMILES string of the molecule is CCC(C)C(N)C(=O)NC(C(=O)NC(CO)C(=O)NC(CC(N)=O)C(=O)O)C(C)O. The Hall–Kier alpha value is -2.77. The minimum Gasteiger partial charge on any atom is -0.480 e. The highest BCUT2D eigenvalue weighted by molar-refractivity contribution is 5.95. The van der Waals surface area contributed by atoms with Crippen molar-refractivity contribution in [2.75, 3.05) is 6.61 Å². The fourth-order valence-electron chi connectivity index (χ4n) is 2.30. The van der Waals surface area contributed by atoms with E-state index in [-0.39, 0.29) is 5.92 Å². The zero-order chi connectivity index (χ0) is 23.6. The van der Waals surface area contributed by atoms with E-state index in [1.807, 2.05) is 12.2 Å². The Balaban J connectivity index is 5.22. The number of nitrogens with two attached hydrogens (primary N) is 2. The molecule has 0 saturated heterocycles. The first-order valence-corrected chi connectivity index (χ1v) is 9.32. The topological polar surface area (TPSA) is 234 Å². The van der Waals surface area contributed by atoms with Gasteiger partial charge in [0.1, 0.15) is 18.1 Å². The van der Waals surface area contributed by atoms with Gasteiger partial charge in [-0.3, -0.25) is 19.2 Å². The number of hydrogen-bond donors (Lipinski definition) is 8. The highest BCUT2D eigenvalue weighted by Gasteiger charge is 2.33. The molecule has 0 fully saturated rings. The lowest BCUT2D eigenvalue weighted by molar-refractivity contribution is -0.144. The number of aliphatic carboxylic acids is 1.